The van der Waals surface area contributed by atoms with E-state index in [-0.39, 0.29) is 6.07 Å². The van der Waals surface area contributed by atoms with Crippen LogP contribution in [-0.4, -0.2) is 25.0 Å². The number of carbonyl (C=O) groups is 2. The van der Waals surface area contributed by atoms with Gasteiger partial charge in [-0.3, -0.25) is 4.79 Å². The summed E-state index contributed by atoms with van der Waals surface area (Å²) in [5.41, 5.74) is -3.51. The van der Waals surface area contributed by atoms with Gasteiger partial charge in [0.25, 0.3) is 0 Å². The highest BCUT2D eigenvalue weighted by Gasteiger charge is 2.37. The molecule has 1 atom stereocenters. The molecule has 0 unspecified atom stereocenters. The summed E-state index contributed by atoms with van der Waals surface area (Å²) >= 11 is 0. The predicted octanol–water partition coefficient (Wildman–Crippen LogP) is 2.94. The van der Waals surface area contributed by atoms with Gasteiger partial charge >= 0.3 is 18.3 Å². The first-order valence-electron chi connectivity index (χ1n) is 6.50. The number of benzene rings is 1. The van der Waals surface area contributed by atoms with E-state index < -0.39 is 53.4 Å². The van der Waals surface area contributed by atoms with Crippen molar-refractivity contribution >= 4 is 11.9 Å². The summed E-state index contributed by atoms with van der Waals surface area (Å²) in [6.07, 6.45) is -10.7. The number of methoxy groups -OCH3 is 1. The summed E-state index contributed by atoms with van der Waals surface area (Å²) in [6.45, 7) is 1.26. The second-order valence-electron chi connectivity index (χ2n) is 4.90. The van der Waals surface area contributed by atoms with Crippen molar-refractivity contribution in [2.75, 3.05) is 7.11 Å². The molecule has 1 aromatic carbocycles. The molecule has 1 rings (SSSR count). The summed E-state index contributed by atoms with van der Waals surface area (Å²) in [4.78, 5) is 22.8. The fourth-order valence-electron chi connectivity index (χ4n) is 1.84. The Hall–Kier alpha value is -2.26. The fourth-order valence-corrected chi connectivity index (χ4v) is 1.84. The first kappa shape index (κ1) is 19.8. The van der Waals surface area contributed by atoms with Crippen LogP contribution in [0.5, 0.6) is 0 Å². The molecule has 4 nitrogen and oxygen atoms in total. The van der Waals surface area contributed by atoms with Gasteiger partial charge in [-0.15, -0.1) is 0 Å². The van der Waals surface area contributed by atoms with Gasteiger partial charge in [-0.1, -0.05) is 0 Å². The molecule has 0 radical (unpaired) electrons. The van der Waals surface area contributed by atoms with E-state index in [0.29, 0.717) is 12.1 Å². The monoisotopic (exact) mass is 357 g/mol. The second kappa shape index (κ2) is 7.10. The summed E-state index contributed by atoms with van der Waals surface area (Å²) in [6, 6.07) is -0.205. The Bertz CT molecular complexity index is 592. The molecule has 0 spiro atoms. The van der Waals surface area contributed by atoms with Crippen molar-refractivity contribution in [3.63, 3.8) is 0 Å². The molecule has 1 N–H and O–H groups in total. The van der Waals surface area contributed by atoms with Gasteiger partial charge in [0.05, 0.1) is 24.7 Å². The lowest BCUT2D eigenvalue weighted by Crippen LogP contribution is -2.39. The number of nitrogens with one attached hydrogen (secondary N) is 1. The number of esters is 1. The molecule has 0 bridgehead atoms. The van der Waals surface area contributed by atoms with Crippen molar-refractivity contribution in [3.8, 4) is 0 Å². The van der Waals surface area contributed by atoms with E-state index in [1.165, 1.54) is 6.92 Å². The number of halogens is 6. The zero-order valence-electron chi connectivity index (χ0n) is 12.5. The predicted molar refractivity (Wildman–Crippen MR) is 69.8 cm³/mol. The zero-order chi connectivity index (χ0) is 18.7. The van der Waals surface area contributed by atoms with E-state index in [4.69, 9.17) is 0 Å². The highest BCUT2D eigenvalue weighted by molar-refractivity contribution is 5.85. The van der Waals surface area contributed by atoms with Gasteiger partial charge in [0.1, 0.15) is 6.04 Å². The van der Waals surface area contributed by atoms with Gasteiger partial charge in [-0.05, 0) is 30.7 Å². The lowest BCUT2D eigenvalue weighted by atomic mass is 10.0. The second-order valence-corrected chi connectivity index (χ2v) is 4.90. The number of rotatable bonds is 4. The van der Waals surface area contributed by atoms with E-state index in [9.17, 15) is 35.9 Å². The molecule has 0 aromatic heterocycles. The molecule has 0 aliphatic heterocycles. The number of hydrogen-bond acceptors (Lipinski definition) is 3. The minimum atomic E-state index is -4.99. The third-order valence-electron chi connectivity index (χ3n) is 2.94. The average molecular weight is 357 g/mol. The van der Waals surface area contributed by atoms with Crippen LogP contribution in [0.25, 0.3) is 0 Å². The fraction of sp³-hybridized carbons (Fsp3) is 0.429. The Kier molecular flexibility index (Phi) is 5.85. The Balaban J connectivity index is 3.06. The summed E-state index contributed by atoms with van der Waals surface area (Å²) < 4.78 is 80.6. The van der Waals surface area contributed by atoms with E-state index in [1.54, 1.807) is 0 Å². The normalized spacial score (nSPS) is 13.3. The smallest absolute Gasteiger partial charge is 0.416 e. The van der Waals surface area contributed by atoms with Gasteiger partial charge in [0.15, 0.2) is 0 Å². The van der Waals surface area contributed by atoms with Crippen molar-refractivity contribution in [2.24, 2.45) is 0 Å². The van der Waals surface area contributed by atoms with Crippen LogP contribution in [0.3, 0.4) is 0 Å². The molecule has 0 heterocycles. The largest absolute Gasteiger partial charge is 0.467 e. The molecule has 1 amide bonds. The highest BCUT2D eigenvalue weighted by Crippen LogP contribution is 2.36. The number of ether oxygens (including phenoxy) is 1. The van der Waals surface area contributed by atoms with Crippen molar-refractivity contribution in [3.05, 3.63) is 34.9 Å². The molecule has 134 valence electrons. The maximum atomic E-state index is 12.7. The Morgan fingerprint density at radius 3 is 1.88 bits per heavy atom. The van der Waals surface area contributed by atoms with Crippen molar-refractivity contribution in [2.45, 2.75) is 31.7 Å². The van der Waals surface area contributed by atoms with Gasteiger partial charge in [-0.2, -0.15) is 26.3 Å². The molecular weight excluding hydrogens is 344 g/mol. The Labute approximate surface area is 132 Å². The molecular formula is C14H13F6NO3. The Morgan fingerprint density at radius 2 is 1.50 bits per heavy atom. The number of hydrogen-bond donors (Lipinski definition) is 1. The van der Waals surface area contributed by atoms with Crippen LogP contribution >= 0.6 is 0 Å². The minimum absolute atomic E-state index is 0.0293. The number of carbonyl (C=O) groups excluding carboxylic acids is 2. The molecule has 0 saturated carbocycles. The summed E-state index contributed by atoms with van der Waals surface area (Å²) in [5.74, 6) is -1.72. The molecule has 24 heavy (non-hydrogen) atoms. The lowest BCUT2D eigenvalue weighted by Gasteiger charge is -2.15. The lowest BCUT2D eigenvalue weighted by molar-refractivity contribution is -0.144. The van der Waals surface area contributed by atoms with Crippen LogP contribution in [0, 0.1) is 0 Å². The molecule has 0 aliphatic rings. The number of amides is 1. The van der Waals surface area contributed by atoms with Crippen molar-refractivity contribution < 1.29 is 40.7 Å². The molecule has 0 saturated heterocycles. The summed E-state index contributed by atoms with van der Waals surface area (Å²) in [7, 11) is 1.06. The maximum absolute atomic E-state index is 12.7. The van der Waals surface area contributed by atoms with Crippen LogP contribution in [0.15, 0.2) is 18.2 Å². The molecule has 0 fully saturated rings. The first-order chi connectivity index (χ1) is 10.8. The average Bonchev–Trinajstić information content (AvgIpc) is 2.43. The highest BCUT2D eigenvalue weighted by atomic mass is 19.4. The minimum Gasteiger partial charge on any atom is -0.467 e. The van der Waals surface area contributed by atoms with Crippen LogP contribution in [0.2, 0.25) is 0 Å². The van der Waals surface area contributed by atoms with E-state index >= 15 is 0 Å². The quantitative estimate of drug-likeness (QED) is 0.666. The van der Waals surface area contributed by atoms with Gasteiger partial charge < -0.3 is 10.1 Å². The van der Waals surface area contributed by atoms with Crippen LogP contribution in [0.1, 0.15) is 23.6 Å². The topological polar surface area (TPSA) is 55.4 Å². The zero-order valence-corrected chi connectivity index (χ0v) is 12.5. The van der Waals surface area contributed by atoms with Gasteiger partial charge in [-0.25, -0.2) is 4.79 Å². The molecule has 10 heteroatoms. The standard InChI is InChI=1S/C14H13F6NO3/c1-7(12(23)24-2)21-11(22)5-8-3-9(13(15,16)17)6-10(4-8)14(18,19)20/h3-4,6-7H,5H2,1-2H3,(H,21,22)/t7-/m1/s1. The summed E-state index contributed by atoms with van der Waals surface area (Å²) in [5, 5.41) is 2.12. The van der Waals surface area contributed by atoms with Crippen LogP contribution < -0.4 is 5.32 Å². The van der Waals surface area contributed by atoms with E-state index in [0.717, 1.165) is 7.11 Å². The van der Waals surface area contributed by atoms with Gasteiger partial charge in [0.2, 0.25) is 5.91 Å². The van der Waals surface area contributed by atoms with Crippen molar-refractivity contribution in [1.82, 2.24) is 5.32 Å². The maximum Gasteiger partial charge on any atom is 0.416 e. The van der Waals surface area contributed by atoms with Crippen molar-refractivity contribution in [1.29, 1.82) is 0 Å². The number of alkyl halides is 6. The molecule has 0 aliphatic carbocycles. The first-order valence-corrected chi connectivity index (χ1v) is 6.50. The third-order valence-corrected chi connectivity index (χ3v) is 2.94. The Morgan fingerprint density at radius 1 is 1.04 bits per heavy atom. The van der Waals surface area contributed by atoms with E-state index in [1.807, 2.05) is 0 Å². The SMILES string of the molecule is COC(=O)[C@@H](C)NC(=O)Cc1cc(C(F)(F)F)cc(C(F)(F)F)c1. The van der Waals surface area contributed by atoms with Crippen LogP contribution in [-0.2, 0) is 33.1 Å². The van der Waals surface area contributed by atoms with Crippen LogP contribution in [0.4, 0.5) is 26.3 Å². The van der Waals surface area contributed by atoms with E-state index in [2.05, 4.69) is 10.1 Å². The van der Waals surface area contributed by atoms with Gasteiger partial charge in [0, 0.05) is 0 Å². The third kappa shape index (κ3) is 5.43. The molecule has 1 aromatic rings.